The number of hydrogen-bond acceptors (Lipinski definition) is 4. The van der Waals surface area contributed by atoms with Gasteiger partial charge >= 0.3 is 0 Å². The molecular formula is C19H25ClN4OS. The van der Waals surface area contributed by atoms with Crippen molar-refractivity contribution in [3.63, 3.8) is 0 Å². The fourth-order valence-corrected chi connectivity index (χ4v) is 4.26. The second-order valence-electron chi connectivity index (χ2n) is 7.01. The molecule has 5 nitrogen and oxygen atoms in total. The Morgan fingerprint density at radius 2 is 1.96 bits per heavy atom. The number of benzene rings is 1. The van der Waals surface area contributed by atoms with E-state index in [-0.39, 0.29) is 11.2 Å². The van der Waals surface area contributed by atoms with Crippen molar-refractivity contribution in [1.29, 1.82) is 0 Å². The van der Waals surface area contributed by atoms with Crippen molar-refractivity contribution in [2.24, 2.45) is 13.0 Å². The van der Waals surface area contributed by atoms with Crippen LogP contribution in [0, 0.1) is 5.92 Å². The highest BCUT2D eigenvalue weighted by atomic mass is 35.5. The molecule has 1 fully saturated rings. The molecule has 0 bridgehead atoms. The summed E-state index contributed by atoms with van der Waals surface area (Å²) in [5.41, 5.74) is 0.949. The quantitative estimate of drug-likeness (QED) is 0.770. The predicted molar refractivity (Wildman–Crippen MR) is 106 cm³/mol. The third-order valence-electron chi connectivity index (χ3n) is 5.03. The minimum atomic E-state index is -0.218. The van der Waals surface area contributed by atoms with E-state index in [0.29, 0.717) is 17.0 Å². The molecule has 2 aromatic rings. The van der Waals surface area contributed by atoms with Gasteiger partial charge in [0, 0.05) is 23.7 Å². The molecule has 1 aromatic carbocycles. The van der Waals surface area contributed by atoms with Gasteiger partial charge in [-0.25, -0.2) is 0 Å². The zero-order valence-electron chi connectivity index (χ0n) is 15.4. The molecule has 1 amide bonds. The standard InChI is InChI=1S/C19H25ClN4OS/c1-12-6-4-5-7-16(12)21-18(25)13(2)26-19-23-22-17(24(19)3)14-8-10-15(20)11-9-14/h8-13,16H,4-7H2,1-3H3,(H,21,25)/t12-,13+,16-/m1/s1. The van der Waals surface area contributed by atoms with Gasteiger partial charge in [-0.05, 0) is 49.9 Å². The van der Waals surface area contributed by atoms with E-state index in [2.05, 4.69) is 22.4 Å². The van der Waals surface area contributed by atoms with E-state index in [4.69, 9.17) is 11.6 Å². The third kappa shape index (κ3) is 4.41. The van der Waals surface area contributed by atoms with Crippen molar-refractivity contribution in [2.75, 3.05) is 0 Å². The normalized spacial score (nSPS) is 21.4. The maximum Gasteiger partial charge on any atom is 0.233 e. The van der Waals surface area contributed by atoms with Crippen molar-refractivity contribution in [3.05, 3.63) is 29.3 Å². The zero-order chi connectivity index (χ0) is 18.7. The number of nitrogens with zero attached hydrogens (tertiary/aromatic N) is 3. The number of carbonyl (C=O) groups excluding carboxylic acids is 1. The van der Waals surface area contributed by atoms with Crippen LogP contribution in [0.3, 0.4) is 0 Å². The summed E-state index contributed by atoms with van der Waals surface area (Å²) >= 11 is 7.38. The van der Waals surface area contributed by atoms with Crippen LogP contribution in [0.4, 0.5) is 0 Å². The van der Waals surface area contributed by atoms with Gasteiger partial charge in [0.05, 0.1) is 5.25 Å². The first-order valence-electron chi connectivity index (χ1n) is 9.08. The lowest BCUT2D eigenvalue weighted by Crippen LogP contribution is -2.44. The first-order chi connectivity index (χ1) is 12.5. The second kappa shape index (κ2) is 8.44. The van der Waals surface area contributed by atoms with Gasteiger partial charge in [0.2, 0.25) is 5.91 Å². The number of nitrogens with one attached hydrogen (secondary N) is 1. The Kier molecular flexibility index (Phi) is 6.24. The van der Waals surface area contributed by atoms with Crippen LogP contribution < -0.4 is 5.32 Å². The lowest BCUT2D eigenvalue weighted by molar-refractivity contribution is -0.121. The molecule has 140 valence electrons. The molecule has 1 aliphatic carbocycles. The SMILES string of the molecule is C[C@H](Sc1nnc(-c2ccc(Cl)cc2)n1C)C(=O)N[C@@H]1CCCC[C@H]1C. The van der Waals surface area contributed by atoms with Crippen molar-refractivity contribution >= 4 is 29.3 Å². The van der Waals surface area contributed by atoms with E-state index in [9.17, 15) is 4.79 Å². The number of aromatic nitrogens is 3. The number of hydrogen-bond donors (Lipinski definition) is 1. The molecule has 3 atom stereocenters. The van der Waals surface area contributed by atoms with Crippen LogP contribution in [0.2, 0.25) is 5.02 Å². The van der Waals surface area contributed by atoms with E-state index in [0.717, 1.165) is 23.0 Å². The van der Waals surface area contributed by atoms with E-state index < -0.39 is 0 Å². The average molecular weight is 393 g/mol. The molecule has 26 heavy (non-hydrogen) atoms. The number of carbonyl (C=O) groups is 1. The molecule has 7 heteroatoms. The van der Waals surface area contributed by atoms with E-state index >= 15 is 0 Å². The van der Waals surface area contributed by atoms with E-state index in [1.807, 2.05) is 42.8 Å². The Bertz CT molecular complexity index is 761. The van der Waals surface area contributed by atoms with Gasteiger partial charge in [0.1, 0.15) is 0 Å². The minimum Gasteiger partial charge on any atom is -0.352 e. The van der Waals surface area contributed by atoms with Crippen LogP contribution >= 0.6 is 23.4 Å². The number of amides is 1. The van der Waals surface area contributed by atoms with Gasteiger partial charge in [-0.3, -0.25) is 4.79 Å². The fourth-order valence-electron chi connectivity index (χ4n) is 3.31. The molecule has 1 heterocycles. The smallest absolute Gasteiger partial charge is 0.233 e. The zero-order valence-corrected chi connectivity index (χ0v) is 17.0. The van der Waals surface area contributed by atoms with Crippen LogP contribution in [0.1, 0.15) is 39.5 Å². The lowest BCUT2D eigenvalue weighted by Gasteiger charge is -2.30. The number of thioether (sulfide) groups is 1. The van der Waals surface area contributed by atoms with Crippen molar-refractivity contribution in [3.8, 4) is 11.4 Å². The lowest BCUT2D eigenvalue weighted by atomic mass is 9.86. The molecule has 0 unspecified atom stereocenters. The molecule has 1 aromatic heterocycles. The highest BCUT2D eigenvalue weighted by Gasteiger charge is 2.26. The largest absolute Gasteiger partial charge is 0.352 e. The molecule has 0 saturated heterocycles. The van der Waals surface area contributed by atoms with Gasteiger partial charge in [0.15, 0.2) is 11.0 Å². The predicted octanol–water partition coefficient (Wildman–Crippen LogP) is 4.31. The molecular weight excluding hydrogens is 368 g/mol. The summed E-state index contributed by atoms with van der Waals surface area (Å²) in [4.78, 5) is 12.6. The molecule has 1 saturated carbocycles. The highest BCUT2D eigenvalue weighted by Crippen LogP contribution is 2.28. The summed E-state index contributed by atoms with van der Waals surface area (Å²) in [7, 11) is 1.92. The van der Waals surface area contributed by atoms with Crippen LogP contribution in [0.15, 0.2) is 29.4 Å². The highest BCUT2D eigenvalue weighted by molar-refractivity contribution is 8.00. The van der Waals surface area contributed by atoms with Gasteiger partial charge in [-0.15, -0.1) is 10.2 Å². The Balaban J connectivity index is 1.65. The van der Waals surface area contributed by atoms with E-state index in [1.165, 1.54) is 31.0 Å². The summed E-state index contributed by atoms with van der Waals surface area (Å²) in [5, 5.41) is 13.0. The first kappa shape index (κ1) is 19.2. The Hall–Kier alpha value is -1.53. The summed E-state index contributed by atoms with van der Waals surface area (Å²) in [6.07, 6.45) is 4.74. The molecule has 0 aliphatic heterocycles. The Morgan fingerprint density at radius 1 is 1.27 bits per heavy atom. The topological polar surface area (TPSA) is 59.8 Å². The van der Waals surface area contributed by atoms with Gasteiger partial charge in [-0.1, -0.05) is 43.1 Å². The Labute approximate surface area is 163 Å². The van der Waals surface area contributed by atoms with Crippen LogP contribution in [-0.4, -0.2) is 32.0 Å². The van der Waals surface area contributed by atoms with Gasteiger partial charge < -0.3 is 9.88 Å². The van der Waals surface area contributed by atoms with Crippen LogP contribution in [0.5, 0.6) is 0 Å². The molecule has 1 N–H and O–H groups in total. The van der Waals surface area contributed by atoms with Crippen molar-refractivity contribution in [2.45, 2.75) is 56.0 Å². The molecule has 3 rings (SSSR count). The second-order valence-corrected chi connectivity index (χ2v) is 8.75. The van der Waals surface area contributed by atoms with Crippen molar-refractivity contribution < 1.29 is 4.79 Å². The van der Waals surface area contributed by atoms with Crippen LogP contribution in [-0.2, 0) is 11.8 Å². The van der Waals surface area contributed by atoms with Crippen molar-refractivity contribution in [1.82, 2.24) is 20.1 Å². The minimum absolute atomic E-state index is 0.0739. The maximum atomic E-state index is 12.6. The first-order valence-corrected chi connectivity index (χ1v) is 10.3. The van der Waals surface area contributed by atoms with Crippen LogP contribution in [0.25, 0.3) is 11.4 Å². The van der Waals surface area contributed by atoms with Gasteiger partial charge in [0.25, 0.3) is 0 Å². The third-order valence-corrected chi connectivity index (χ3v) is 6.41. The molecule has 0 spiro atoms. The molecule has 0 radical (unpaired) electrons. The fraction of sp³-hybridized carbons (Fsp3) is 0.526. The summed E-state index contributed by atoms with van der Waals surface area (Å²) in [6, 6.07) is 7.80. The summed E-state index contributed by atoms with van der Waals surface area (Å²) in [5.74, 6) is 1.39. The average Bonchev–Trinajstić information content (AvgIpc) is 2.98. The Morgan fingerprint density at radius 3 is 2.65 bits per heavy atom. The summed E-state index contributed by atoms with van der Waals surface area (Å²) < 4.78 is 1.92. The maximum absolute atomic E-state index is 12.6. The number of halogens is 1. The monoisotopic (exact) mass is 392 g/mol. The molecule has 1 aliphatic rings. The van der Waals surface area contributed by atoms with Gasteiger partial charge in [-0.2, -0.15) is 0 Å². The van der Waals surface area contributed by atoms with E-state index in [1.54, 1.807) is 0 Å². The summed E-state index contributed by atoms with van der Waals surface area (Å²) in [6.45, 7) is 4.15. The number of rotatable bonds is 5.